The number of hydrogen-bond acceptors (Lipinski definition) is 4. The van der Waals surface area contributed by atoms with Crippen LogP contribution in [0.1, 0.15) is 24.2 Å². The Kier molecular flexibility index (Phi) is 6.01. The van der Waals surface area contributed by atoms with E-state index in [9.17, 15) is 9.59 Å². The van der Waals surface area contributed by atoms with E-state index in [0.29, 0.717) is 22.8 Å². The second-order valence-corrected chi connectivity index (χ2v) is 6.20. The number of benzene rings is 2. The minimum absolute atomic E-state index is 0.164. The van der Waals surface area contributed by atoms with E-state index in [1.807, 2.05) is 42.2 Å². The molecule has 2 N–H and O–H groups in total. The summed E-state index contributed by atoms with van der Waals surface area (Å²) in [5.41, 5.74) is 2.74. The molecule has 1 heterocycles. The number of hydrogen-bond donors (Lipinski definition) is 2. The average Bonchev–Trinajstić information content (AvgIpc) is 2.69. The zero-order valence-corrected chi connectivity index (χ0v) is 15.8. The molecular weight excluding hydrogens is 352 g/mol. The lowest BCUT2D eigenvalue weighted by atomic mass is 10.2. The average molecular weight is 374 g/mol. The Labute approximate surface area is 164 Å². The van der Waals surface area contributed by atoms with Crippen molar-refractivity contribution in [2.45, 2.75) is 13.8 Å². The number of anilines is 4. The van der Waals surface area contributed by atoms with Crippen LogP contribution in [0.5, 0.6) is 0 Å². The smallest absolute Gasteiger partial charge is 0.255 e. The monoisotopic (exact) mass is 374 g/mol. The lowest BCUT2D eigenvalue weighted by molar-refractivity contribution is -0.114. The molecule has 0 saturated heterocycles. The normalized spacial score (nSPS) is 10.2. The van der Waals surface area contributed by atoms with Gasteiger partial charge < -0.3 is 15.5 Å². The van der Waals surface area contributed by atoms with Crippen molar-refractivity contribution in [1.29, 1.82) is 0 Å². The van der Waals surface area contributed by atoms with Gasteiger partial charge in [-0.15, -0.1) is 0 Å². The maximum absolute atomic E-state index is 12.7. The predicted molar refractivity (Wildman–Crippen MR) is 112 cm³/mol. The molecule has 0 bridgehead atoms. The number of nitrogens with one attached hydrogen (secondary N) is 2. The SMILES string of the molecule is CCN(c1ccccc1)c1cc(C(=O)Nc2cccc(NC(C)=O)c2)ccn1. The van der Waals surface area contributed by atoms with Crippen molar-refractivity contribution in [3.05, 3.63) is 78.5 Å². The number of nitrogens with zero attached hydrogens (tertiary/aromatic N) is 2. The molecular formula is C22H22N4O2. The van der Waals surface area contributed by atoms with Gasteiger partial charge in [-0.1, -0.05) is 24.3 Å². The van der Waals surface area contributed by atoms with Gasteiger partial charge >= 0.3 is 0 Å². The summed E-state index contributed by atoms with van der Waals surface area (Å²) in [6.07, 6.45) is 1.63. The van der Waals surface area contributed by atoms with E-state index in [-0.39, 0.29) is 11.8 Å². The Morgan fingerprint density at radius 2 is 1.64 bits per heavy atom. The van der Waals surface area contributed by atoms with E-state index in [0.717, 1.165) is 12.2 Å². The number of carbonyl (C=O) groups excluding carboxylic acids is 2. The third kappa shape index (κ3) is 4.73. The Morgan fingerprint density at radius 1 is 0.929 bits per heavy atom. The van der Waals surface area contributed by atoms with Crippen LogP contribution < -0.4 is 15.5 Å². The summed E-state index contributed by atoms with van der Waals surface area (Å²) in [6, 6.07) is 20.4. The molecule has 6 nitrogen and oxygen atoms in total. The molecule has 2 amide bonds. The van der Waals surface area contributed by atoms with Crippen LogP contribution in [0.15, 0.2) is 72.9 Å². The second-order valence-electron chi connectivity index (χ2n) is 6.20. The van der Waals surface area contributed by atoms with Gasteiger partial charge in [-0.05, 0) is 49.4 Å². The van der Waals surface area contributed by atoms with Gasteiger partial charge in [-0.3, -0.25) is 9.59 Å². The quantitative estimate of drug-likeness (QED) is 0.668. The molecule has 0 aliphatic carbocycles. The molecule has 0 spiro atoms. The minimum atomic E-state index is -0.243. The van der Waals surface area contributed by atoms with Crippen molar-refractivity contribution in [2.24, 2.45) is 0 Å². The Bertz CT molecular complexity index is 973. The molecule has 0 unspecified atom stereocenters. The number of pyridine rings is 1. The highest BCUT2D eigenvalue weighted by molar-refractivity contribution is 6.05. The van der Waals surface area contributed by atoms with Crippen molar-refractivity contribution < 1.29 is 9.59 Å². The van der Waals surface area contributed by atoms with E-state index in [4.69, 9.17) is 0 Å². The van der Waals surface area contributed by atoms with E-state index >= 15 is 0 Å². The Morgan fingerprint density at radius 3 is 2.32 bits per heavy atom. The van der Waals surface area contributed by atoms with Gasteiger partial charge in [0.2, 0.25) is 5.91 Å². The molecule has 0 fully saturated rings. The van der Waals surface area contributed by atoms with E-state index in [1.54, 1.807) is 42.6 Å². The zero-order chi connectivity index (χ0) is 19.9. The molecule has 1 aromatic heterocycles. The molecule has 3 aromatic rings. The molecule has 0 radical (unpaired) electrons. The molecule has 0 atom stereocenters. The molecule has 142 valence electrons. The third-order valence-electron chi connectivity index (χ3n) is 4.11. The minimum Gasteiger partial charge on any atom is -0.327 e. The Balaban J connectivity index is 1.80. The van der Waals surface area contributed by atoms with Crippen molar-refractivity contribution in [2.75, 3.05) is 22.1 Å². The van der Waals surface area contributed by atoms with E-state index in [2.05, 4.69) is 15.6 Å². The highest BCUT2D eigenvalue weighted by Crippen LogP contribution is 2.24. The first-order valence-electron chi connectivity index (χ1n) is 9.04. The lowest BCUT2D eigenvalue weighted by Crippen LogP contribution is -2.19. The fraction of sp³-hybridized carbons (Fsp3) is 0.136. The van der Waals surface area contributed by atoms with Crippen LogP contribution in [-0.2, 0) is 4.79 Å². The van der Waals surface area contributed by atoms with Gasteiger partial charge in [0.25, 0.3) is 5.91 Å². The van der Waals surface area contributed by atoms with Crippen molar-refractivity contribution >= 4 is 34.7 Å². The first kappa shape index (κ1) is 19.1. The number of rotatable bonds is 6. The third-order valence-corrected chi connectivity index (χ3v) is 4.11. The van der Waals surface area contributed by atoms with Gasteiger partial charge in [-0.25, -0.2) is 4.98 Å². The lowest BCUT2D eigenvalue weighted by Gasteiger charge is -2.22. The fourth-order valence-corrected chi connectivity index (χ4v) is 2.87. The summed E-state index contributed by atoms with van der Waals surface area (Å²) < 4.78 is 0. The first-order chi connectivity index (χ1) is 13.6. The number of para-hydroxylation sites is 1. The van der Waals surface area contributed by atoms with Crippen LogP contribution in [0, 0.1) is 0 Å². The summed E-state index contributed by atoms with van der Waals surface area (Å²) in [4.78, 5) is 30.4. The van der Waals surface area contributed by atoms with Crippen LogP contribution in [0.4, 0.5) is 22.9 Å². The van der Waals surface area contributed by atoms with Gasteiger partial charge in [0, 0.05) is 42.3 Å². The fourth-order valence-electron chi connectivity index (χ4n) is 2.87. The molecule has 28 heavy (non-hydrogen) atoms. The first-order valence-corrected chi connectivity index (χ1v) is 9.04. The molecule has 2 aromatic carbocycles. The number of aromatic nitrogens is 1. The van der Waals surface area contributed by atoms with E-state index < -0.39 is 0 Å². The van der Waals surface area contributed by atoms with Gasteiger partial charge in [0.1, 0.15) is 5.82 Å². The number of amides is 2. The van der Waals surface area contributed by atoms with Crippen molar-refractivity contribution in [3.63, 3.8) is 0 Å². The van der Waals surface area contributed by atoms with Gasteiger partial charge in [-0.2, -0.15) is 0 Å². The summed E-state index contributed by atoms with van der Waals surface area (Å²) >= 11 is 0. The topological polar surface area (TPSA) is 74.3 Å². The Hall–Kier alpha value is -3.67. The maximum Gasteiger partial charge on any atom is 0.255 e. The molecule has 3 rings (SSSR count). The van der Waals surface area contributed by atoms with Crippen LogP contribution in [0.2, 0.25) is 0 Å². The zero-order valence-electron chi connectivity index (χ0n) is 15.8. The van der Waals surface area contributed by atoms with Crippen molar-refractivity contribution in [3.8, 4) is 0 Å². The van der Waals surface area contributed by atoms with Gasteiger partial charge in [0.05, 0.1) is 0 Å². The number of carbonyl (C=O) groups is 2. The summed E-state index contributed by atoms with van der Waals surface area (Å²) in [5.74, 6) is 0.295. The molecule has 0 aliphatic rings. The maximum atomic E-state index is 12.7. The highest BCUT2D eigenvalue weighted by Gasteiger charge is 2.12. The van der Waals surface area contributed by atoms with Crippen molar-refractivity contribution in [1.82, 2.24) is 4.98 Å². The predicted octanol–water partition coefficient (Wildman–Crippen LogP) is 4.45. The molecule has 0 aliphatic heterocycles. The van der Waals surface area contributed by atoms with Crippen LogP contribution in [0.3, 0.4) is 0 Å². The summed E-state index contributed by atoms with van der Waals surface area (Å²) in [5, 5.41) is 5.56. The molecule has 6 heteroatoms. The van der Waals surface area contributed by atoms with Crippen LogP contribution >= 0.6 is 0 Å². The summed E-state index contributed by atoms with van der Waals surface area (Å²) in [7, 11) is 0. The van der Waals surface area contributed by atoms with E-state index in [1.165, 1.54) is 6.92 Å². The standard InChI is InChI=1S/C22H22N4O2/c1-3-26(20-10-5-4-6-11-20)21-14-17(12-13-23-21)22(28)25-19-9-7-8-18(15-19)24-16(2)27/h4-15H,3H2,1-2H3,(H,24,27)(H,25,28). The van der Waals surface area contributed by atoms with Crippen LogP contribution in [-0.4, -0.2) is 23.3 Å². The second kappa shape index (κ2) is 8.81. The largest absolute Gasteiger partial charge is 0.327 e. The highest BCUT2D eigenvalue weighted by atomic mass is 16.2. The molecule has 0 saturated carbocycles. The van der Waals surface area contributed by atoms with Crippen LogP contribution in [0.25, 0.3) is 0 Å². The van der Waals surface area contributed by atoms with Gasteiger partial charge in [0.15, 0.2) is 0 Å². The summed E-state index contributed by atoms with van der Waals surface area (Å²) in [6.45, 7) is 4.20.